The molecule has 0 aliphatic carbocycles. The third kappa shape index (κ3) is 3.48. The molecule has 140 valence electrons. The molecule has 0 atom stereocenters. The summed E-state index contributed by atoms with van der Waals surface area (Å²) in [7, 11) is 0. The second-order valence-electron chi connectivity index (χ2n) is 6.23. The molecule has 2 aromatic carbocycles. The smallest absolute Gasteiger partial charge is 0.262 e. The Kier molecular flexibility index (Phi) is 5.08. The Morgan fingerprint density at radius 3 is 2.75 bits per heavy atom. The zero-order chi connectivity index (χ0) is 19.5. The quantitative estimate of drug-likeness (QED) is 0.279. The van der Waals surface area contributed by atoms with Crippen molar-refractivity contribution in [2.24, 2.45) is 0 Å². The van der Waals surface area contributed by atoms with E-state index in [0.717, 1.165) is 11.1 Å². The molecule has 0 radical (unpaired) electrons. The van der Waals surface area contributed by atoms with Crippen LogP contribution < -0.4 is 5.56 Å². The number of hydrogen-bond acceptors (Lipinski definition) is 6. The predicted octanol–water partition coefficient (Wildman–Crippen LogP) is 4.23. The van der Waals surface area contributed by atoms with Gasteiger partial charge in [0.15, 0.2) is 5.16 Å². The van der Waals surface area contributed by atoms with Crippen LogP contribution in [-0.2, 0) is 12.3 Å². The Balaban J connectivity index is 1.63. The van der Waals surface area contributed by atoms with Crippen molar-refractivity contribution >= 4 is 22.7 Å². The van der Waals surface area contributed by atoms with Gasteiger partial charge in [0.05, 0.1) is 16.7 Å². The van der Waals surface area contributed by atoms with Gasteiger partial charge in [-0.3, -0.25) is 9.36 Å². The molecule has 0 bridgehead atoms. The molecule has 0 amide bonds. The fourth-order valence-electron chi connectivity index (χ4n) is 2.92. The zero-order valence-corrected chi connectivity index (χ0v) is 16.1. The third-order valence-electron chi connectivity index (χ3n) is 4.32. The van der Waals surface area contributed by atoms with Gasteiger partial charge in [-0.2, -0.15) is 4.98 Å². The van der Waals surface area contributed by atoms with E-state index in [0.29, 0.717) is 40.1 Å². The average Bonchev–Trinajstić information content (AvgIpc) is 3.18. The average molecular weight is 390 g/mol. The maximum Gasteiger partial charge on any atom is 0.262 e. The van der Waals surface area contributed by atoms with E-state index in [1.165, 1.54) is 11.8 Å². The molecule has 2 heterocycles. The molecular weight excluding hydrogens is 372 g/mol. The SMILES string of the molecule is C=CCn1c(SCc2nc(-c3ccccc3C)no2)nc2ccccc2c1=O. The van der Waals surface area contributed by atoms with Gasteiger partial charge < -0.3 is 4.52 Å². The van der Waals surface area contributed by atoms with Crippen molar-refractivity contribution in [2.75, 3.05) is 0 Å². The lowest BCUT2D eigenvalue weighted by molar-refractivity contribution is 0.391. The first kappa shape index (κ1) is 18.2. The van der Waals surface area contributed by atoms with Crippen LogP contribution in [0.15, 0.2) is 75.7 Å². The summed E-state index contributed by atoms with van der Waals surface area (Å²) in [5.41, 5.74) is 2.61. The summed E-state index contributed by atoms with van der Waals surface area (Å²) in [4.78, 5) is 21.9. The minimum Gasteiger partial charge on any atom is -0.338 e. The highest BCUT2D eigenvalue weighted by Gasteiger charge is 2.14. The van der Waals surface area contributed by atoms with Crippen LogP contribution in [0.4, 0.5) is 0 Å². The fraction of sp³-hybridized carbons (Fsp3) is 0.143. The summed E-state index contributed by atoms with van der Waals surface area (Å²) in [6, 6.07) is 15.2. The second kappa shape index (κ2) is 7.82. The van der Waals surface area contributed by atoms with Crippen LogP contribution in [0.5, 0.6) is 0 Å². The number of para-hydroxylation sites is 1. The number of thioether (sulfide) groups is 1. The van der Waals surface area contributed by atoms with Gasteiger partial charge in [0, 0.05) is 12.1 Å². The monoisotopic (exact) mass is 390 g/mol. The number of rotatable bonds is 6. The van der Waals surface area contributed by atoms with Crippen LogP contribution in [0.1, 0.15) is 11.5 Å². The highest BCUT2D eigenvalue weighted by molar-refractivity contribution is 7.98. The maximum atomic E-state index is 12.8. The van der Waals surface area contributed by atoms with Gasteiger partial charge in [0.2, 0.25) is 11.7 Å². The molecule has 0 saturated heterocycles. The largest absolute Gasteiger partial charge is 0.338 e. The van der Waals surface area contributed by atoms with Crippen molar-refractivity contribution in [3.63, 3.8) is 0 Å². The molecule has 0 spiro atoms. The van der Waals surface area contributed by atoms with Gasteiger partial charge >= 0.3 is 0 Å². The van der Waals surface area contributed by atoms with Crippen LogP contribution in [0.3, 0.4) is 0 Å². The summed E-state index contributed by atoms with van der Waals surface area (Å²) < 4.78 is 7.01. The first-order chi connectivity index (χ1) is 13.7. The van der Waals surface area contributed by atoms with Crippen LogP contribution in [-0.4, -0.2) is 19.7 Å². The number of nitrogens with zero attached hydrogens (tertiary/aromatic N) is 4. The number of aromatic nitrogens is 4. The van der Waals surface area contributed by atoms with E-state index in [2.05, 4.69) is 21.7 Å². The molecule has 2 aromatic heterocycles. The Morgan fingerprint density at radius 2 is 1.93 bits per heavy atom. The Labute approximate surface area is 165 Å². The molecule has 0 N–H and O–H groups in total. The van der Waals surface area contributed by atoms with Gasteiger partial charge in [-0.05, 0) is 24.6 Å². The summed E-state index contributed by atoms with van der Waals surface area (Å²) in [6.45, 7) is 6.14. The standard InChI is InChI=1S/C21H18N4O2S/c1-3-12-25-20(26)16-10-6-7-11-17(16)22-21(25)28-13-18-23-19(24-27-18)15-9-5-4-8-14(15)2/h3-11H,1,12-13H2,2H3. The summed E-state index contributed by atoms with van der Waals surface area (Å²) in [5.74, 6) is 1.46. The van der Waals surface area contributed by atoms with Crippen LogP contribution in [0.2, 0.25) is 0 Å². The normalized spacial score (nSPS) is 11.0. The number of allylic oxidation sites excluding steroid dienone is 1. The maximum absolute atomic E-state index is 12.8. The van der Waals surface area contributed by atoms with Crippen LogP contribution >= 0.6 is 11.8 Å². The van der Waals surface area contributed by atoms with Gasteiger partial charge in [-0.25, -0.2) is 4.98 Å². The first-order valence-electron chi connectivity index (χ1n) is 8.79. The highest BCUT2D eigenvalue weighted by atomic mass is 32.2. The summed E-state index contributed by atoms with van der Waals surface area (Å²) in [5, 5.41) is 5.27. The number of hydrogen-bond donors (Lipinski definition) is 0. The van der Waals surface area contributed by atoms with Gasteiger partial charge in [-0.15, -0.1) is 6.58 Å². The minimum absolute atomic E-state index is 0.0841. The topological polar surface area (TPSA) is 73.8 Å². The van der Waals surface area contributed by atoms with Crippen LogP contribution in [0.25, 0.3) is 22.3 Å². The second-order valence-corrected chi connectivity index (χ2v) is 7.17. The number of benzene rings is 2. The van der Waals surface area contributed by atoms with Gasteiger partial charge in [-0.1, -0.05) is 59.4 Å². The van der Waals surface area contributed by atoms with E-state index in [1.807, 2.05) is 49.4 Å². The van der Waals surface area contributed by atoms with Crippen molar-refractivity contribution < 1.29 is 4.52 Å². The fourth-order valence-corrected chi connectivity index (χ4v) is 3.77. The Hall–Kier alpha value is -3.19. The van der Waals surface area contributed by atoms with E-state index in [-0.39, 0.29) is 5.56 Å². The Morgan fingerprint density at radius 1 is 1.14 bits per heavy atom. The van der Waals surface area contributed by atoms with E-state index in [9.17, 15) is 4.79 Å². The van der Waals surface area contributed by atoms with E-state index in [4.69, 9.17) is 4.52 Å². The molecule has 4 rings (SSSR count). The third-order valence-corrected chi connectivity index (χ3v) is 5.28. The zero-order valence-electron chi connectivity index (χ0n) is 15.3. The number of fused-ring (bicyclic) bond motifs is 1. The molecule has 0 saturated carbocycles. The van der Waals surface area contributed by atoms with Crippen molar-refractivity contribution in [2.45, 2.75) is 24.4 Å². The molecule has 6 nitrogen and oxygen atoms in total. The van der Waals surface area contributed by atoms with Gasteiger partial charge in [0.1, 0.15) is 0 Å². The van der Waals surface area contributed by atoms with E-state index >= 15 is 0 Å². The molecule has 28 heavy (non-hydrogen) atoms. The molecule has 4 aromatic rings. The molecule has 7 heteroatoms. The van der Waals surface area contributed by atoms with Gasteiger partial charge in [0.25, 0.3) is 5.56 Å². The molecule has 0 unspecified atom stereocenters. The molecule has 0 aliphatic rings. The molecule has 0 aliphatic heterocycles. The summed E-state index contributed by atoms with van der Waals surface area (Å²) >= 11 is 1.39. The predicted molar refractivity (Wildman–Crippen MR) is 110 cm³/mol. The van der Waals surface area contributed by atoms with Crippen molar-refractivity contribution in [3.8, 4) is 11.4 Å². The molecular formula is C21H18N4O2S. The van der Waals surface area contributed by atoms with E-state index in [1.54, 1.807) is 16.7 Å². The lowest BCUT2D eigenvalue weighted by Crippen LogP contribution is -2.22. The van der Waals surface area contributed by atoms with Crippen molar-refractivity contribution in [1.29, 1.82) is 0 Å². The first-order valence-corrected chi connectivity index (χ1v) is 9.78. The van der Waals surface area contributed by atoms with E-state index < -0.39 is 0 Å². The minimum atomic E-state index is -0.0841. The molecule has 0 fully saturated rings. The van der Waals surface area contributed by atoms with Crippen molar-refractivity contribution in [3.05, 3.63) is 83.0 Å². The summed E-state index contributed by atoms with van der Waals surface area (Å²) in [6.07, 6.45) is 1.69. The number of aryl methyl sites for hydroxylation is 1. The lowest BCUT2D eigenvalue weighted by atomic mass is 10.1. The highest BCUT2D eigenvalue weighted by Crippen LogP contribution is 2.24. The van der Waals surface area contributed by atoms with Crippen molar-refractivity contribution in [1.82, 2.24) is 19.7 Å². The Bertz CT molecular complexity index is 1210. The lowest BCUT2D eigenvalue weighted by Gasteiger charge is -2.10. The van der Waals surface area contributed by atoms with Crippen LogP contribution in [0, 0.1) is 6.92 Å².